The van der Waals surface area contributed by atoms with Gasteiger partial charge in [0.15, 0.2) is 5.82 Å². The fourth-order valence-electron chi connectivity index (χ4n) is 3.98. The number of aromatic nitrogens is 2. The van der Waals surface area contributed by atoms with Crippen LogP contribution in [0.4, 0.5) is 16.3 Å². The molecule has 32 heavy (non-hydrogen) atoms. The highest BCUT2D eigenvalue weighted by molar-refractivity contribution is 14.1. The van der Waals surface area contributed by atoms with Crippen molar-refractivity contribution in [2.45, 2.75) is 36.9 Å². The first-order chi connectivity index (χ1) is 15.4. The van der Waals surface area contributed by atoms with Crippen molar-refractivity contribution in [3.8, 4) is 11.4 Å². The average molecular weight is 550 g/mol. The number of ether oxygens (including phenoxy) is 1. The number of hydrogen-bond donors (Lipinski definition) is 2. The predicted molar refractivity (Wildman–Crippen MR) is 131 cm³/mol. The van der Waals surface area contributed by atoms with Gasteiger partial charge >= 0.3 is 6.03 Å². The van der Waals surface area contributed by atoms with Crippen LogP contribution < -0.4 is 15.5 Å². The van der Waals surface area contributed by atoms with Crippen LogP contribution in [0, 0.1) is 0 Å². The predicted octanol–water partition coefficient (Wildman–Crippen LogP) is 2.79. The van der Waals surface area contributed by atoms with Crippen molar-refractivity contribution in [3.63, 3.8) is 0 Å². The first kappa shape index (κ1) is 22.7. The van der Waals surface area contributed by atoms with Gasteiger partial charge in [-0.05, 0) is 44.5 Å². The molecule has 2 N–H and O–H groups in total. The molecule has 10 heteroatoms. The third kappa shape index (κ3) is 5.12. The SMILES string of the molecule is CC(I)NC(=O)Nc1ccc(-c2nc3c(c(N4CCOCC4C)n2)CCN(C=O)C3)cc1. The summed E-state index contributed by atoms with van der Waals surface area (Å²) in [6.07, 6.45) is 1.62. The molecule has 4 rings (SSSR count). The number of carbonyl (C=O) groups excluding carboxylic acids is 2. The molecule has 1 aromatic carbocycles. The minimum absolute atomic E-state index is 0.0303. The van der Waals surface area contributed by atoms with Gasteiger partial charge in [0.05, 0.1) is 35.5 Å². The van der Waals surface area contributed by atoms with Gasteiger partial charge in [-0.15, -0.1) is 0 Å². The lowest BCUT2D eigenvalue weighted by Gasteiger charge is -2.37. The third-order valence-electron chi connectivity index (χ3n) is 5.59. The molecule has 3 amide bonds. The van der Waals surface area contributed by atoms with E-state index in [2.05, 4.69) is 45.0 Å². The molecule has 1 aromatic heterocycles. The van der Waals surface area contributed by atoms with Crippen LogP contribution in [-0.4, -0.2) is 63.7 Å². The summed E-state index contributed by atoms with van der Waals surface area (Å²) >= 11 is 2.13. The molecule has 0 aliphatic carbocycles. The van der Waals surface area contributed by atoms with Crippen molar-refractivity contribution in [3.05, 3.63) is 35.5 Å². The maximum atomic E-state index is 11.9. The standard InChI is InChI=1S/C22H27IN6O3/c1-14-12-32-10-9-29(14)21-18-7-8-28(13-30)11-19(18)26-20(27-21)16-3-5-17(6-4-16)25-22(31)24-15(2)23/h3-6,13-15H,7-12H2,1-2H3,(H2,24,25,31). The van der Waals surface area contributed by atoms with Gasteiger partial charge in [0.1, 0.15) is 5.82 Å². The molecule has 2 atom stereocenters. The lowest BCUT2D eigenvalue weighted by Crippen LogP contribution is -2.45. The van der Waals surface area contributed by atoms with E-state index in [4.69, 9.17) is 14.7 Å². The van der Waals surface area contributed by atoms with E-state index in [0.717, 1.165) is 42.0 Å². The molecule has 0 bridgehead atoms. The number of fused-ring (bicyclic) bond motifs is 1. The van der Waals surface area contributed by atoms with Gasteiger partial charge in [0, 0.05) is 29.9 Å². The zero-order chi connectivity index (χ0) is 22.7. The first-order valence-electron chi connectivity index (χ1n) is 10.7. The van der Waals surface area contributed by atoms with Crippen LogP contribution in [0.1, 0.15) is 25.1 Å². The van der Waals surface area contributed by atoms with E-state index in [1.54, 1.807) is 4.90 Å². The molecule has 0 radical (unpaired) electrons. The summed E-state index contributed by atoms with van der Waals surface area (Å²) in [7, 11) is 0. The number of rotatable bonds is 5. The van der Waals surface area contributed by atoms with E-state index in [0.29, 0.717) is 37.8 Å². The molecule has 2 aromatic rings. The summed E-state index contributed by atoms with van der Waals surface area (Å²) in [5, 5.41) is 5.61. The number of amides is 3. The van der Waals surface area contributed by atoms with Crippen molar-refractivity contribution < 1.29 is 14.3 Å². The number of halogens is 1. The molecule has 9 nitrogen and oxygen atoms in total. The number of alkyl halides is 1. The molecule has 170 valence electrons. The van der Waals surface area contributed by atoms with Crippen molar-refractivity contribution in [2.24, 2.45) is 0 Å². The number of urea groups is 1. The summed E-state index contributed by atoms with van der Waals surface area (Å²) < 4.78 is 5.65. The van der Waals surface area contributed by atoms with Crippen LogP contribution in [0.3, 0.4) is 0 Å². The van der Waals surface area contributed by atoms with Gasteiger partial charge in [0.25, 0.3) is 0 Å². The lowest BCUT2D eigenvalue weighted by molar-refractivity contribution is -0.119. The number of nitrogens with one attached hydrogen (secondary N) is 2. The number of benzene rings is 1. The Labute approximate surface area is 201 Å². The van der Waals surface area contributed by atoms with Gasteiger partial charge in [-0.2, -0.15) is 0 Å². The summed E-state index contributed by atoms with van der Waals surface area (Å²) in [4.78, 5) is 37.1. The van der Waals surface area contributed by atoms with E-state index in [1.807, 2.05) is 31.2 Å². The smallest absolute Gasteiger partial charge is 0.320 e. The highest BCUT2D eigenvalue weighted by atomic mass is 127. The Hall–Kier alpha value is -2.47. The summed E-state index contributed by atoms with van der Waals surface area (Å²) in [5.41, 5.74) is 3.55. The summed E-state index contributed by atoms with van der Waals surface area (Å²) in [6.45, 7) is 7.28. The Morgan fingerprint density at radius 2 is 2.06 bits per heavy atom. The zero-order valence-electron chi connectivity index (χ0n) is 18.2. The Bertz CT molecular complexity index is 984. The first-order valence-corrected chi connectivity index (χ1v) is 11.9. The van der Waals surface area contributed by atoms with Crippen LogP contribution in [0.25, 0.3) is 11.4 Å². The topological polar surface area (TPSA) is 99.7 Å². The number of hydrogen-bond acceptors (Lipinski definition) is 6. The largest absolute Gasteiger partial charge is 0.377 e. The third-order valence-corrected chi connectivity index (χ3v) is 5.90. The Kier molecular flexibility index (Phi) is 7.09. The minimum Gasteiger partial charge on any atom is -0.377 e. The molecular weight excluding hydrogens is 523 g/mol. The average Bonchev–Trinajstić information content (AvgIpc) is 2.78. The molecular formula is C22H27IN6O3. The Morgan fingerprint density at radius 3 is 2.75 bits per heavy atom. The number of anilines is 2. The molecule has 0 saturated carbocycles. The second kappa shape index (κ2) is 9.99. The van der Waals surface area contributed by atoms with Crippen molar-refractivity contribution in [1.29, 1.82) is 0 Å². The van der Waals surface area contributed by atoms with Crippen LogP contribution in [0.5, 0.6) is 0 Å². The van der Waals surface area contributed by atoms with Crippen molar-refractivity contribution >= 4 is 46.5 Å². The fourth-order valence-corrected chi connectivity index (χ4v) is 4.26. The van der Waals surface area contributed by atoms with Gasteiger partial charge < -0.3 is 25.2 Å². The lowest BCUT2D eigenvalue weighted by atomic mass is 10.0. The van der Waals surface area contributed by atoms with Crippen molar-refractivity contribution in [1.82, 2.24) is 20.2 Å². The van der Waals surface area contributed by atoms with E-state index in [9.17, 15) is 9.59 Å². The van der Waals surface area contributed by atoms with Crippen LogP contribution in [-0.2, 0) is 22.5 Å². The van der Waals surface area contributed by atoms with E-state index in [-0.39, 0.29) is 16.1 Å². The van der Waals surface area contributed by atoms with E-state index >= 15 is 0 Å². The van der Waals surface area contributed by atoms with E-state index in [1.165, 1.54) is 0 Å². The Balaban J connectivity index is 1.65. The van der Waals surface area contributed by atoms with Gasteiger partial charge in [-0.3, -0.25) is 4.79 Å². The second-order valence-corrected chi connectivity index (χ2v) is 9.90. The van der Waals surface area contributed by atoms with Crippen LogP contribution in [0.2, 0.25) is 0 Å². The maximum Gasteiger partial charge on any atom is 0.320 e. The molecule has 1 saturated heterocycles. The second-order valence-electron chi connectivity index (χ2n) is 8.03. The van der Waals surface area contributed by atoms with E-state index < -0.39 is 0 Å². The maximum absolute atomic E-state index is 11.9. The molecule has 0 spiro atoms. The van der Waals surface area contributed by atoms with Crippen LogP contribution >= 0.6 is 22.6 Å². The van der Waals surface area contributed by atoms with Crippen molar-refractivity contribution in [2.75, 3.05) is 36.5 Å². The molecule has 3 heterocycles. The number of morpholine rings is 1. The normalized spacial score (nSPS) is 19.2. The summed E-state index contributed by atoms with van der Waals surface area (Å²) in [5.74, 6) is 1.55. The van der Waals surface area contributed by atoms with Gasteiger partial charge in [0.2, 0.25) is 6.41 Å². The number of nitrogens with zero attached hydrogens (tertiary/aromatic N) is 4. The molecule has 1 fully saturated rings. The highest BCUT2D eigenvalue weighted by Gasteiger charge is 2.28. The van der Waals surface area contributed by atoms with Gasteiger partial charge in [-0.25, -0.2) is 14.8 Å². The fraction of sp³-hybridized carbons (Fsp3) is 0.455. The molecule has 2 aliphatic heterocycles. The quantitative estimate of drug-likeness (QED) is 0.257. The zero-order valence-corrected chi connectivity index (χ0v) is 20.3. The number of carbonyl (C=O) groups is 2. The minimum atomic E-state index is -0.248. The highest BCUT2D eigenvalue weighted by Crippen LogP contribution is 2.31. The Morgan fingerprint density at radius 1 is 1.28 bits per heavy atom. The molecule has 2 unspecified atom stereocenters. The van der Waals surface area contributed by atoms with Gasteiger partial charge in [-0.1, -0.05) is 22.6 Å². The molecule has 2 aliphatic rings. The van der Waals surface area contributed by atoms with Crippen LogP contribution in [0.15, 0.2) is 24.3 Å². The monoisotopic (exact) mass is 550 g/mol. The summed E-state index contributed by atoms with van der Waals surface area (Å²) in [6, 6.07) is 7.44.